The normalized spacial score (nSPS) is 10.9. The molecule has 1 heterocycles. The molecule has 0 unspecified atom stereocenters. The number of ether oxygens (including phenoxy) is 1. The molecule has 4 rings (SSSR count). The number of rotatable bonds is 7. The van der Waals surface area contributed by atoms with Crippen molar-refractivity contribution in [2.24, 2.45) is 0 Å². The molecule has 0 saturated heterocycles. The van der Waals surface area contributed by atoms with Crippen molar-refractivity contribution in [3.05, 3.63) is 77.3 Å². The van der Waals surface area contributed by atoms with Gasteiger partial charge in [0.25, 0.3) is 5.91 Å². The number of hydrogen-bond donors (Lipinski definition) is 1. The van der Waals surface area contributed by atoms with Crippen LogP contribution in [0.3, 0.4) is 0 Å². The van der Waals surface area contributed by atoms with Crippen LogP contribution in [-0.2, 0) is 0 Å². The molecule has 152 valence electrons. The topological polar surface area (TPSA) is 69.0 Å². The van der Waals surface area contributed by atoms with Gasteiger partial charge in [0.05, 0.1) is 23.0 Å². The summed E-state index contributed by atoms with van der Waals surface area (Å²) >= 11 is 6.37. The van der Waals surface area contributed by atoms with Crippen LogP contribution in [0.1, 0.15) is 30.1 Å². The van der Waals surface area contributed by atoms with Gasteiger partial charge in [-0.1, -0.05) is 43.1 Å². The summed E-state index contributed by atoms with van der Waals surface area (Å²) in [5.74, 6) is 0.490. The minimum absolute atomic E-state index is 0.258. The van der Waals surface area contributed by atoms with Crippen LogP contribution in [0.15, 0.2) is 66.7 Å². The largest absolute Gasteiger partial charge is 0.494 e. The molecule has 1 N–H and O–H groups in total. The average molecular weight is 421 g/mol. The van der Waals surface area contributed by atoms with E-state index < -0.39 is 0 Å². The Kier molecular flexibility index (Phi) is 5.95. The van der Waals surface area contributed by atoms with E-state index in [1.54, 1.807) is 41.2 Å². The second kappa shape index (κ2) is 8.97. The molecule has 0 bridgehead atoms. The number of carbonyl (C=O) groups is 1. The Bertz CT molecular complexity index is 1160. The van der Waals surface area contributed by atoms with Crippen LogP contribution in [0.25, 0.3) is 16.7 Å². The Labute approximate surface area is 179 Å². The lowest BCUT2D eigenvalue weighted by atomic mass is 10.2. The Morgan fingerprint density at radius 3 is 2.43 bits per heavy atom. The standard InChI is InChI=1S/C23H21ClN4O2/c1-2-3-13-30-18-11-9-16(10-12-18)23(29)25-20-15-22-21(14-19(20)24)26-28(27-22)17-7-5-4-6-8-17/h4-12,14-15H,2-3,13H2,1H3,(H,25,29). The second-order valence-electron chi connectivity index (χ2n) is 6.83. The number of nitrogens with zero attached hydrogens (tertiary/aromatic N) is 3. The van der Waals surface area contributed by atoms with Gasteiger partial charge < -0.3 is 10.1 Å². The fourth-order valence-corrected chi connectivity index (χ4v) is 3.15. The zero-order valence-electron chi connectivity index (χ0n) is 16.5. The lowest BCUT2D eigenvalue weighted by Crippen LogP contribution is -2.12. The summed E-state index contributed by atoms with van der Waals surface area (Å²) in [7, 11) is 0. The van der Waals surface area contributed by atoms with Gasteiger partial charge in [-0.3, -0.25) is 4.79 Å². The summed E-state index contributed by atoms with van der Waals surface area (Å²) in [6, 6.07) is 20.1. The number of halogens is 1. The first-order valence-electron chi connectivity index (χ1n) is 9.80. The van der Waals surface area contributed by atoms with E-state index in [4.69, 9.17) is 16.3 Å². The molecule has 0 saturated carbocycles. The Morgan fingerprint density at radius 2 is 1.73 bits per heavy atom. The van der Waals surface area contributed by atoms with Crippen LogP contribution in [0, 0.1) is 0 Å². The average Bonchev–Trinajstić information content (AvgIpc) is 3.18. The molecule has 0 radical (unpaired) electrons. The summed E-state index contributed by atoms with van der Waals surface area (Å²) in [5.41, 5.74) is 3.13. The third-order valence-electron chi connectivity index (χ3n) is 4.59. The number of fused-ring (bicyclic) bond motifs is 1. The van der Waals surface area contributed by atoms with Crippen molar-refractivity contribution in [3.8, 4) is 11.4 Å². The Balaban J connectivity index is 1.51. The summed E-state index contributed by atoms with van der Waals surface area (Å²) in [6.45, 7) is 2.78. The molecule has 3 aromatic carbocycles. The molecule has 0 aliphatic heterocycles. The molecule has 1 aromatic heterocycles. The molecule has 7 heteroatoms. The minimum atomic E-state index is -0.258. The SMILES string of the molecule is CCCCOc1ccc(C(=O)Nc2cc3nn(-c4ccccc4)nc3cc2Cl)cc1. The van der Waals surface area contributed by atoms with Crippen molar-refractivity contribution in [3.63, 3.8) is 0 Å². The number of anilines is 1. The van der Waals surface area contributed by atoms with E-state index in [-0.39, 0.29) is 5.91 Å². The van der Waals surface area contributed by atoms with E-state index in [2.05, 4.69) is 22.4 Å². The van der Waals surface area contributed by atoms with Crippen LogP contribution in [0.5, 0.6) is 5.75 Å². The lowest BCUT2D eigenvalue weighted by molar-refractivity contribution is 0.102. The highest BCUT2D eigenvalue weighted by Crippen LogP contribution is 2.27. The van der Waals surface area contributed by atoms with Gasteiger partial charge in [-0.2, -0.15) is 4.80 Å². The number of para-hydroxylation sites is 1. The number of carbonyl (C=O) groups excluding carboxylic acids is 1. The van der Waals surface area contributed by atoms with Crippen LogP contribution < -0.4 is 10.1 Å². The molecule has 0 fully saturated rings. The summed E-state index contributed by atoms with van der Waals surface area (Å²) in [5, 5.41) is 12.2. The second-order valence-corrected chi connectivity index (χ2v) is 7.23. The molecular formula is C23H21ClN4O2. The monoisotopic (exact) mass is 420 g/mol. The third-order valence-corrected chi connectivity index (χ3v) is 4.90. The van der Waals surface area contributed by atoms with E-state index in [1.165, 1.54) is 0 Å². The number of amides is 1. The molecule has 0 spiro atoms. The van der Waals surface area contributed by atoms with E-state index in [0.717, 1.165) is 24.3 Å². The van der Waals surface area contributed by atoms with Crippen molar-refractivity contribution < 1.29 is 9.53 Å². The molecule has 6 nitrogen and oxygen atoms in total. The van der Waals surface area contributed by atoms with Crippen molar-refractivity contribution in [2.45, 2.75) is 19.8 Å². The van der Waals surface area contributed by atoms with E-state index in [1.807, 2.05) is 30.3 Å². The highest BCUT2D eigenvalue weighted by atomic mass is 35.5. The Hall–Kier alpha value is -3.38. The van der Waals surface area contributed by atoms with Crippen molar-refractivity contribution >= 4 is 34.2 Å². The smallest absolute Gasteiger partial charge is 0.255 e. The predicted octanol–water partition coefficient (Wildman–Crippen LogP) is 5.51. The Morgan fingerprint density at radius 1 is 1.03 bits per heavy atom. The first kappa shape index (κ1) is 19.9. The van der Waals surface area contributed by atoms with Gasteiger partial charge in [-0.05, 0) is 55.0 Å². The fraction of sp³-hybridized carbons (Fsp3) is 0.174. The molecule has 1 amide bonds. The van der Waals surface area contributed by atoms with Gasteiger partial charge >= 0.3 is 0 Å². The van der Waals surface area contributed by atoms with E-state index in [0.29, 0.717) is 33.9 Å². The molecule has 0 atom stereocenters. The number of aromatic nitrogens is 3. The van der Waals surface area contributed by atoms with Crippen LogP contribution in [0.2, 0.25) is 5.02 Å². The van der Waals surface area contributed by atoms with Gasteiger partial charge in [0.1, 0.15) is 16.8 Å². The molecular weight excluding hydrogens is 400 g/mol. The zero-order chi connectivity index (χ0) is 20.9. The maximum Gasteiger partial charge on any atom is 0.255 e. The van der Waals surface area contributed by atoms with E-state index in [9.17, 15) is 4.79 Å². The summed E-state index contributed by atoms with van der Waals surface area (Å²) < 4.78 is 5.64. The molecule has 0 aliphatic rings. The number of nitrogens with one attached hydrogen (secondary N) is 1. The number of unbranched alkanes of at least 4 members (excludes halogenated alkanes) is 1. The van der Waals surface area contributed by atoms with Crippen molar-refractivity contribution in [1.29, 1.82) is 0 Å². The highest BCUT2D eigenvalue weighted by Gasteiger charge is 2.13. The van der Waals surface area contributed by atoms with Crippen LogP contribution in [0.4, 0.5) is 5.69 Å². The lowest BCUT2D eigenvalue weighted by Gasteiger charge is -2.08. The third kappa shape index (κ3) is 4.44. The van der Waals surface area contributed by atoms with Crippen LogP contribution >= 0.6 is 11.6 Å². The zero-order valence-corrected chi connectivity index (χ0v) is 17.3. The van der Waals surface area contributed by atoms with Crippen molar-refractivity contribution in [1.82, 2.24) is 15.0 Å². The van der Waals surface area contributed by atoms with Gasteiger partial charge in [0.15, 0.2) is 0 Å². The predicted molar refractivity (Wildman–Crippen MR) is 119 cm³/mol. The molecule has 30 heavy (non-hydrogen) atoms. The summed E-state index contributed by atoms with van der Waals surface area (Å²) in [6.07, 6.45) is 2.07. The van der Waals surface area contributed by atoms with Gasteiger partial charge in [-0.15, -0.1) is 10.2 Å². The van der Waals surface area contributed by atoms with E-state index >= 15 is 0 Å². The van der Waals surface area contributed by atoms with Gasteiger partial charge in [-0.25, -0.2) is 0 Å². The summed E-state index contributed by atoms with van der Waals surface area (Å²) in [4.78, 5) is 14.2. The molecule has 4 aromatic rings. The number of benzene rings is 3. The van der Waals surface area contributed by atoms with Crippen molar-refractivity contribution in [2.75, 3.05) is 11.9 Å². The van der Waals surface area contributed by atoms with Crippen LogP contribution in [-0.4, -0.2) is 27.5 Å². The van der Waals surface area contributed by atoms with Gasteiger partial charge in [0.2, 0.25) is 0 Å². The first-order chi connectivity index (χ1) is 14.6. The maximum atomic E-state index is 12.6. The quantitative estimate of drug-likeness (QED) is 0.400. The highest BCUT2D eigenvalue weighted by molar-refractivity contribution is 6.34. The molecule has 0 aliphatic carbocycles. The fourth-order valence-electron chi connectivity index (χ4n) is 2.94. The first-order valence-corrected chi connectivity index (χ1v) is 10.2. The minimum Gasteiger partial charge on any atom is -0.494 e. The maximum absolute atomic E-state index is 12.6. The van der Waals surface area contributed by atoms with Gasteiger partial charge in [0, 0.05) is 5.56 Å². The number of hydrogen-bond acceptors (Lipinski definition) is 4.